The van der Waals surface area contributed by atoms with Crippen molar-refractivity contribution < 1.29 is 9.53 Å². The molecule has 5 nitrogen and oxygen atoms in total. The number of thiocarbonyl (C=S) groups is 1. The molecule has 0 fully saturated rings. The Morgan fingerprint density at radius 3 is 2.03 bits per heavy atom. The molecule has 0 saturated heterocycles. The topological polar surface area (TPSA) is 62.4 Å². The molecule has 0 spiro atoms. The van der Waals surface area contributed by atoms with Gasteiger partial charge in [-0.3, -0.25) is 4.79 Å². The van der Waals surface area contributed by atoms with Crippen molar-refractivity contribution in [1.82, 2.24) is 0 Å². The zero-order chi connectivity index (χ0) is 24.5. The van der Waals surface area contributed by atoms with E-state index in [1.54, 1.807) is 7.11 Å². The second kappa shape index (κ2) is 12.1. The number of amides is 1. The first-order valence-electron chi connectivity index (χ1n) is 11.0. The molecule has 0 heterocycles. The van der Waals surface area contributed by atoms with Crippen molar-refractivity contribution in [2.75, 3.05) is 23.1 Å². The van der Waals surface area contributed by atoms with Gasteiger partial charge in [-0.25, -0.2) is 0 Å². The van der Waals surface area contributed by atoms with Gasteiger partial charge >= 0.3 is 0 Å². The molecule has 3 N–H and O–H groups in total. The van der Waals surface area contributed by atoms with Crippen molar-refractivity contribution in [2.45, 2.75) is 10.1 Å². The maximum absolute atomic E-state index is 13.3. The van der Waals surface area contributed by atoms with Gasteiger partial charge in [-0.2, -0.15) is 0 Å². The summed E-state index contributed by atoms with van der Waals surface area (Å²) in [5.41, 5.74) is 3.38. The van der Waals surface area contributed by atoms with E-state index in [0.29, 0.717) is 10.8 Å². The number of ether oxygens (including phenoxy) is 1. The number of benzene rings is 4. The maximum atomic E-state index is 13.3. The Morgan fingerprint density at radius 2 is 1.34 bits per heavy atom. The van der Waals surface area contributed by atoms with Crippen LogP contribution in [0.1, 0.15) is 10.8 Å². The minimum absolute atomic E-state index is 0.106. The van der Waals surface area contributed by atoms with Gasteiger partial charge in [0.25, 0.3) is 0 Å². The van der Waals surface area contributed by atoms with E-state index in [1.807, 2.05) is 109 Å². The van der Waals surface area contributed by atoms with E-state index < -0.39 is 5.25 Å². The van der Waals surface area contributed by atoms with Gasteiger partial charge in [-0.1, -0.05) is 54.6 Å². The first kappa shape index (κ1) is 24.3. The molecule has 0 aliphatic heterocycles. The molecule has 176 valence electrons. The van der Waals surface area contributed by atoms with E-state index in [-0.39, 0.29) is 5.91 Å². The lowest BCUT2D eigenvalue weighted by Crippen LogP contribution is -2.19. The fourth-order valence-electron chi connectivity index (χ4n) is 3.38. The van der Waals surface area contributed by atoms with Crippen LogP contribution in [0.2, 0.25) is 0 Å². The molecule has 0 aromatic heterocycles. The van der Waals surface area contributed by atoms with Crippen molar-refractivity contribution in [1.29, 1.82) is 0 Å². The van der Waals surface area contributed by atoms with Crippen LogP contribution in [0.5, 0.6) is 5.75 Å². The smallest absolute Gasteiger partial charge is 0.242 e. The Kier molecular flexibility index (Phi) is 8.38. The minimum atomic E-state index is -0.442. The lowest BCUT2D eigenvalue weighted by Gasteiger charge is -2.18. The number of carbonyl (C=O) groups is 1. The predicted molar refractivity (Wildman–Crippen MR) is 149 cm³/mol. The highest BCUT2D eigenvalue weighted by Crippen LogP contribution is 2.37. The van der Waals surface area contributed by atoms with Crippen LogP contribution >= 0.6 is 24.0 Å². The summed E-state index contributed by atoms with van der Waals surface area (Å²) in [5.74, 6) is 0.631. The summed E-state index contributed by atoms with van der Waals surface area (Å²) >= 11 is 6.94. The van der Waals surface area contributed by atoms with Crippen LogP contribution in [-0.2, 0) is 4.79 Å². The molecule has 0 bridgehead atoms. The van der Waals surface area contributed by atoms with E-state index >= 15 is 0 Å². The third-order valence-corrected chi connectivity index (χ3v) is 6.53. The molecule has 4 rings (SSSR count). The molecule has 35 heavy (non-hydrogen) atoms. The highest BCUT2D eigenvalue weighted by molar-refractivity contribution is 8.00. The summed E-state index contributed by atoms with van der Waals surface area (Å²) in [5, 5.41) is 9.47. The number of hydrogen-bond donors (Lipinski definition) is 3. The number of hydrogen-bond acceptors (Lipinski definition) is 4. The monoisotopic (exact) mass is 499 g/mol. The Balaban J connectivity index is 1.48. The summed E-state index contributed by atoms with van der Waals surface area (Å²) < 4.78 is 5.21. The summed E-state index contributed by atoms with van der Waals surface area (Å²) in [6.45, 7) is 0. The van der Waals surface area contributed by atoms with Gasteiger partial charge in [0, 0.05) is 22.0 Å². The summed E-state index contributed by atoms with van der Waals surface area (Å²) in [6.07, 6.45) is 0. The van der Waals surface area contributed by atoms with Gasteiger partial charge in [-0.05, 0) is 72.4 Å². The van der Waals surface area contributed by atoms with Crippen LogP contribution in [-0.4, -0.2) is 18.1 Å². The van der Waals surface area contributed by atoms with E-state index in [2.05, 4.69) is 16.0 Å². The predicted octanol–water partition coefficient (Wildman–Crippen LogP) is 6.98. The van der Waals surface area contributed by atoms with E-state index in [0.717, 1.165) is 27.6 Å². The van der Waals surface area contributed by atoms with Crippen molar-refractivity contribution >= 4 is 52.1 Å². The highest BCUT2D eigenvalue weighted by Gasteiger charge is 2.22. The van der Waals surface area contributed by atoms with Crippen LogP contribution in [0.4, 0.5) is 17.1 Å². The zero-order valence-electron chi connectivity index (χ0n) is 19.1. The van der Waals surface area contributed by atoms with Gasteiger partial charge < -0.3 is 20.7 Å². The second-order valence-electron chi connectivity index (χ2n) is 7.60. The Hall–Kier alpha value is -3.81. The van der Waals surface area contributed by atoms with Crippen molar-refractivity contribution in [3.8, 4) is 5.75 Å². The summed E-state index contributed by atoms with van der Waals surface area (Å²) in [6, 6.07) is 34.7. The fraction of sp³-hybridized carbons (Fsp3) is 0.0714. The molecule has 0 radical (unpaired) electrons. The largest absolute Gasteiger partial charge is 0.497 e. The zero-order valence-corrected chi connectivity index (χ0v) is 20.7. The third-order valence-electron chi connectivity index (χ3n) is 5.08. The van der Waals surface area contributed by atoms with Crippen LogP contribution in [0, 0.1) is 0 Å². The van der Waals surface area contributed by atoms with Crippen molar-refractivity contribution in [3.05, 3.63) is 115 Å². The lowest BCUT2D eigenvalue weighted by atomic mass is 10.1. The molecular formula is C28H25N3O2S2. The van der Waals surface area contributed by atoms with E-state index in [4.69, 9.17) is 17.0 Å². The van der Waals surface area contributed by atoms with Crippen molar-refractivity contribution in [3.63, 3.8) is 0 Å². The Bertz CT molecular complexity index is 1270. The molecule has 0 saturated carbocycles. The number of rotatable bonds is 8. The van der Waals surface area contributed by atoms with Gasteiger partial charge in [0.2, 0.25) is 5.91 Å². The SMILES string of the molecule is COc1ccc(NC(=O)C(Sc2cccc(NC(=S)Nc3ccccc3)c2)c2ccccc2)cc1. The number of methoxy groups -OCH3 is 1. The van der Waals surface area contributed by atoms with Crippen LogP contribution in [0.25, 0.3) is 0 Å². The molecule has 1 amide bonds. The van der Waals surface area contributed by atoms with Crippen molar-refractivity contribution in [2.24, 2.45) is 0 Å². The third kappa shape index (κ3) is 7.09. The normalized spacial score (nSPS) is 11.2. The Morgan fingerprint density at radius 1 is 0.743 bits per heavy atom. The number of anilines is 3. The number of carbonyl (C=O) groups excluding carboxylic acids is 1. The second-order valence-corrected chi connectivity index (χ2v) is 9.19. The van der Waals surface area contributed by atoms with Crippen LogP contribution in [0.3, 0.4) is 0 Å². The van der Waals surface area contributed by atoms with E-state index in [1.165, 1.54) is 11.8 Å². The van der Waals surface area contributed by atoms with Gasteiger partial charge in [-0.15, -0.1) is 11.8 Å². The molecule has 0 aliphatic rings. The van der Waals surface area contributed by atoms with Crippen LogP contribution < -0.4 is 20.7 Å². The number of nitrogens with one attached hydrogen (secondary N) is 3. The minimum Gasteiger partial charge on any atom is -0.497 e. The molecular weight excluding hydrogens is 474 g/mol. The Labute approximate surface area is 214 Å². The lowest BCUT2D eigenvalue weighted by molar-refractivity contribution is -0.115. The summed E-state index contributed by atoms with van der Waals surface area (Å²) in [4.78, 5) is 14.3. The standard InChI is InChI=1S/C28H25N3O2S2/c1-33-24-17-15-22(16-18-24)29-27(32)26(20-9-4-2-5-10-20)35-25-14-8-13-23(19-25)31-28(34)30-21-11-6-3-7-12-21/h2-19,26H,1H3,(H,29,32)(H2,30,31,34). The molecule has 7 heteroatoms. The maximum Gasteiger partial charge on any atom is 0.242 e. The quantitative estimate of drug-likeness (QED) is 0.180. The van der Waals surface area contributed by atoms with Gasteiger partial charge in [0.1, 0.15) is 11.0 Å². The van der Waals surface area contributed by atoms with Gasteiger partial charge in [0.15, 0.2) is 5.11 Å². The van der Waals surface area contributed by atoms with Crippen LogP contribution in [0.15, 0.2) is 114 Å². The highest BCUT2D eigenvalue weighted by atomic mass is 32.2. The first-order valence-corrected chi connectivity index (χ1v) is 12.3. The number of para-hydroxylation sites is 1. The molecule has 1 atom stereocenters. The summed E-state index contributed by atoms with van der Waals surface area (Å²) in [7, 11) is 1.61. The molecule has 0 aliphatic carbocycles. The fourth-order valence-corrected chi connectivity index (χ4v) is 4.70. The molecule has 4 aromatic carbocycles. The first-order chi connectivity index (χ1) is 17.1. The average molecular weight is 500 g/mol. The molecule has 1 unspecified atom stereocenters. The van der Waals surface area contributed by atoms with Gasteiger partial charge in [0.05, 0.1) is 7.11 Å². The molecule has 4 aromatic rings. The average Bonchev–Trinajstić information content (AvgIpc) is 2.89. The number of thioether (sulfide) groups is 1. The van der Waals surface area contributed by atoms with E-state index in [9.17, 15) is 4.79 Å².